The number of benzene rings is 1. The minimum absolute atomic E-state index is 0.125. The zero-order chi connectivity index (χ0) is 15.8. The molecule has 0 radical (unpaired) electrons. The van der Waals surface area contributed by atoms with Gasteiger partial charge in [0.2, 0.25) is 0 Å². The van der Waals surface area contributed by atoms with Gasteiger partial charge in [-0.15, -0.1) is 11.3 Å². The molecule has 1 N–H and O–H groups in total. The van der Waals surface area contributed by atoms with Crippen LogP contribution >= 0.6 is 11.3 Å². The van der Waals surface area contributed by atoms with Crippen molar-refractivity contribution in [2.45, 2.75) is 6.92 Å². The van der Waals surface area contributed by atoms with Crippen molar-refractivity contribution in [3.8, 4) is 22.6 Å². The molecule has 3 heterocycles. The molecule has 0 saturated carbocycles. The highest BCUT2D eigenvalue weighted by Crippen LogP contribution is 2.32. The Hall–Kier alpha value is -2.79. The Labute approximate surface area is 136 Å². The average molecular weight is 319 g/mol. The van der Waals surface area contributed by atoms with Crippen molar-refractivity contribution in [3.05, 3.63) is 70.0 Å². The number of H-pyrrole nitrogens is 1. The fourth-order valence-electron chi connectivity index (χ4n) is 2.57. The summed E-state index contributed by atoms with van der Waals surface area (Å²) in [7, 11) is 0. The Balaban J connectivity index is 1.98. The molecule has 0 atom stereocenters. The van der Waals surface area contributed by atoms with Gasteiger partial charge in [-0.3, -0.25) is 9.78 Å². The van der Waals surface area contributed by atoms with Crippen molar-refractivity contribution in [1.29, 1.82) is 0 Å². The van der Waals surface area contributed by atoms with Crippen molar-refractivity contribution in [1.82, 2.24) is 15.0 Å². The van der Waals surface area contributed by atoms with Gasteiger partial charge in [-0.05, 0) is 24.6 Å². The highest BCUT2D eigenvalue weighted by molar-refractivity contribution is 7.17. The lowest BCUT2D eigenvalue weighted by Crippen LogP contribution is -2.08. The first-order chi connectivity index (χ1) is 11.2. The fourth-order valence-corrected chi connectivity index (χ4v) is 3.48. The predicted molar refractivity (Wildman–Crippen MR) is 93.6 cm³/mol. The fraction of sp³-hybridized carbons (Fsp3) is 0.0556. The lowest BCUT2D eigenvalue weighted by Gasteiger charge is -2.03. The van der Waals surface area contributed by atoms with Crippen LogP contribution in [-0.2, 0) is 0 Å². The quantitative estimate of drug-likeness (QED) is 0.607. The van der Waals surface area contributed by atoms with Crippen LogP contribution in [0.15, 0.2) is 58.8 Å². The number of fused-ring (bicyclic) bond motifs is 1. The van der Waals surface area contributed by atoms with Crippen molar-refractivity contribution >= 4 is 21.6 Å². The van der Waals surface area contributed by atoms with E-state index in [4.69, 9.17) is 0 Å². The lowest BCUT2D eigenvalue weighted by molar-refractivity contribution is 1.15. The molecule has 0 amide bonds. The minimum atomic E-state index is -0.125. The minimum Gasteiger partial charge on any atom is -0.304 e. The third-order valence-electron chi connectivity index (χ3n) is 3.66. The molecule has 0 fully saturated rings. The largest absolute Gasteiger partial charge is 0.304 e. The van der Waals surface area contributed by atoms with Gasteiger partial charge in [0.25, 0.3) is 5.56 Å². The molecule has 0 bridgehead atoms. The molecule has 3 aromatic heterocycles. The molecule has 4 aromatic rings. The third kappa shape index (κ3) is 2.45. The van der Waals surface area contributed by atoms with Crippen LogP contribution < -0.4 is 5.56 Å². The van der Waals surface area contributed by atoms with Crippen LogP contribution in [0, 0.1) is 6.92 Å². The lowest BCUT2D eigenvalue weighted by atomic mass is 10.1. The van der Waals surface area contributed by atoms with Crippen LogP contribution in [0.25, 0.3) is 32.9 Å². The Morgan fingerprint density at radius 3 is 2.83 bits per heavy atom. The number of nitrogens with one attached hydrogen (secondary N) is 1. The number of thiophene rings is 1. The summed E-state index contributed by atoms with van der Waals surface area (Å²) in [6.45, 7) is 2.05. The van der Waals surface area contributed by atoms with E-state index in [1.165, 1.54) is 16.9 Å². The van der Waals surface area contributed by atoms with Crippen LogP contribution in [0.3, 0.4) is 0 Å². The SMILES string of the molecule is Cc1cccc(-c2csc3c(=O)[nH]c(-c4ccccn4)nc23)c1. The molecule has 112 valence electrons. The average Bonchev–Trinajstić information content (AvgIpc) is 3.00. The molecular weight excluding hydrogens is 306 g/mol. The molecule has 0 saturated heterocycles. The number of nitrogens with zero attached hydrogens (tertiary/aromatic N) is 2. The second-order valence-electron chi connectivity index (χ2n) is 5.33. The van der Waals surface area contributed by atoms with Crippen LogP contribution in [0.2, 0.25) is 0 Å². The maximum absolute atomic E-state index is 12.4. The van der Waals surface area contributed by atoms with Crippen molar-refractivity contribution < 1.29 is 0 Å². The van der Waals surface area contributed by atoms with Gasteiger partial charge < -0.3 is 4.98 Å². The summed E-state index contributed by atoms with van der Waals surface area (Å²) in [6.07, 6.45) is 1.69. The summed E-state index contributed by atoms with van der Waals surface area (Å²) in [5.74, 6) is 0.496. The first kappa shape index (κ1) is 13.8. The van der Waals surface area contributed by atoms with Crippen LogP contribution in [0.4, 0.5) is 0 Å². The maximum atomic E-state index is 12.4. The molecule has 0 aliphatic carbocycles. The topological polar surface area (TPSA) is 58.6 Å². The summed E-state index contributed by atoms with van der Waals surface area (Å²) in [6, 6.07) is 13.8. The van der Waals surface area contributed by atoms with E-state index in [2.05, 4.69) is 34.0 Å². The maximum Gasteiger partial charge on any atom is 0.269 e. The number of hydrogen-bond acceptors (Lipinski definition) is 4. The normalized spacial score (nSPS) is 11.0. The second-order valence-corrected chi connectivity index (χ2v) is 6.21. The van der Waals surface area contributed by atoms with E-state index in [9.17, 15) is 4.79 Å². The monoisotopic (exact) mass is 319 g/mol. The van der Waals surface area contributed by atoms with E-state index in [1.54, 1.807) is 6.20 Å². The molecule has 23 heavy (non-hydrogen) atoms. The summed E-state index contributed by atoms with van der Waals surface area (Å²) in [5, 5.41) is 1.99. The Kier molecular flexibility index (Phi) is 3.28. The molecule has 5 heteroatoms. The first-order valence-corrected chi connectivity index (χ1v) is 8.10. The molecule has 0 unspecified atom stereocenters. The smallest absolute Gasteiger partial charge is 0.269 e. The Bertz CT molecular complexity index is 1050. The van der Waals surface area contributed by atoms with Gasteiger partial charge in [-0.25, -0.2) is 4.98 Å². The van der Waals surface area contributed by atoms with Gasteiger partial charge in [0, 0.05) is 17.1 Å². The van der Waals surface area contributed by atoms with E-state index in [-0.39, 0.29) is 5.56 Å². The van der Waals surface area contributed by atoms with Crippen LogP contribution in [0.5, 0.6) is 0 Å². The van der Waals surface area contributed by atoms with E-state index >= 15 is 0 Å². The van der Waals surface area contributed by atoms with Crippen molar-refractivity contribution in [2.24, 2.45) is 0 Å². The number of aryl methyl sites for hydroxylation is 1. The highest BCUT2D eigenvalue weighted by atomic mass is 32.1. The van der Waals surface area contributed by atoms with E-state index in [0.717, 1.165) is 16.6 Å². The van der Waals surface area contributed by atoms with Crippen LogP contribution in [-0.4, -0.2) is 15.0 Å². The van der Waals surface area contributed by atoms with Gasteiger partial charge in [-0.2, -0.15) is 0 Å². The van der Waals surface area contributed by atoms with E-state index in [0.29, 0.717) is 16.2 Å². The van der Waals surface area contributed by atoms with Gasteiger partial charge in [0.15, 0.2) is 5.82 Å². The summed E-state index contributed by atoms with van der Waals surface area (Å²) >= 11 is 1.42. The molecule has 4 nitrogen and oxygen atoms in total. The van der Waals surface area contributed by atoms with E-state index < -0.39 is 0 Å². The molecule has 1 aromatic carbocycles. The zero-order valence-electron chi connectivity index (χ0n) is 12.4. The number of aromatic amines is 1. The molecule has 4 rings (SSSR count). The predicted octanol–water partition coefficient (Wildman–Crippen LogP) is 4.02. The van der Waals surface area contributed by atoms with Crippen LogP contribution in [0.1, 0.15) is 5.56 Å². The molecule has 0 aliphatic heterocycles. The van der Waals surface area contributed by atoms with Gasteiger partial charge >= 0.3 is 0 Å². The zero-order valence-corrected chi connectivity index (χ0v) is 13.2. The Morgan fingerprint density at radius 1 is 1.13 bits per heavy atom. The molecular formula is C18H13N3OS. The van der Waals surface area contributed by atoms with Gasteiger partial charge in [-0.1, -0.05) is 35.9 Å². The number of pyridine rings is 1. The standard InChI is InChI=1S/C18H13N3OS/c1-11-5-4-6-12(9-11)13-10-23-16-15(13)20-17(21-18(16)22)14-7-2-3-8-19-14/h2-10H,1H3,(H,20,21,22). The number of hydrogen-bond donors (Lipinski definition) is 1. The van der Waals surface area contributed by atoms with E-state index in [1.807, 2.05) is 35.7 Å². The number of aromatic nitrogens is 3. The van der Waals surface area contributed by atoms with Crippen molar-refractivity contribution in [2.75, 3.05) is 0 Å². The first-order valence-electron chi connectivity index (χ1n) is 7.22. The van der Waals surface area contributed by atoms with Gasteiger partial charge in [0.1, 0.15) is 10.4 Å². The third-order valence-corrected chi connectivity index (χ3v) is 4.63. The highest BCUT2D eigenvalue weighted by Gasteiger charge is 2.13. The summed E-state index contributed by atoms with van der Waals surface area (Å²) in [4.78, 5) is 24.1. The Morgan fingerprint density at radius 2 is 2.04 bits per heavy atom. The second kappa shape index (κ2) is 5.44. The summed E-state index contributed by atoms with van der Waals surface area (Å²) < 4.78 is 0.640. The van der Waals surface area contributed by atoms with Gasteiger partial charge in [0.05, 0.1) is 5.52 Å². The van der Waals surface area contributed by atoms with Crippen molar-refractivity contribution in [3.63, 3.8) is 0 Å². The molecule has 0 spiro atoms. The number of rotatable bonds is 2. The summed E-state index contributed by atoms with van der Waals surface area (Å²) in [5.41, 5.74) is 4.49. The molecule has 0 aliphatic rings.